The molecule has 0 aliphatic carbocycles. The van der Waals surface area contributed by atoms with Crippen LogP contribution in [0, 0.1) is 16.6 Å². The Kier molecular flexibility index (Phi) is 11.2. The van der Waals surface area contributed by atoms with Crippen molar-refractivity contribution in [3.63, 3.8) is 0 Å². The summed E-state index contributed by atoms with van der Waals surface area (Å²) in [7, 11) is 0. The van der Waals surface area contributed by atoms with Crippen LogP contribution in [0.3, 0.4) is 0 Å². The van der Waals surface area contributed by atoms with Crippen LogP contribution in [0.15, 0.2) is 65.7 Å². The Morgan fingerprint density at radius 1 is 0.930 bits per heavy atom. The minimum atomic E-state index is -1.02. The predicted molar refractivity (Wildman–Crippen MR) is 169 cm³/mol. The number of carboxylic acid groups (broad SMARTS) is 1. The summed E-state index contributed by atoms with van der Waals surface area (Å²) in [4.78, 5) is 28.7. The summed E-state index contributed by atoms with van der Waals surface area (Å²) in [6.07, 6.45) is 5.25. The second-order valence-electron chi connectivity index (χ2n) is 13.2. The lowest BCUT2D eigenvalue weighted by molar-refractivity contribution is -0.167. The molecule has 0 amide bonds. The first-order chi connectivity index (χ1) is 20.0. The van der Waals surface area contributed by atoms with Gasteiger partial charge >= 0.3 is 11.9 Å². The normalized spacial score (nSPS) is 12.1. The summed E-state index contributed by atoms with van der Waals surface area (Å²) in [6, 6.07) is 15.3. The molecule has 232 valence electrons. The fraction of sp³-hybridized carbons (Fsp3) is 0.441. The highest BCUT2D eigenvalue weighted by Gasteiger charge is 2.37. The van der Waals surface area contributed by atoms with Crippen LogP contribution in [0.4, 0.5) is 10.2 Å². The molecule has 0 aliphatic heterocycles. The summed E-state index contributed by atoms with van der Waals surface area (Å²) in [5, 5.41) is 8.98. The Bertz CT molecular complexity index is 1380. The van der Waals surface area contributed by atoms with Crippen molar-refractivity contribution >= 4 is 29.7 Å². The molecule has 3 aromatic rings. The summed E-state index contributed by atoms with van der Waals surface area (Å²) >= 11 is 1.34. The largest absolute Gasteiger partial charge is 0.478 e. The number of hydrogen-bond acceptors (Lipinski definition) is 7. The number of anilines is 1. The predicted octanol–water partition coefficient (Wildman–Crippen LogP) is 9.33. The first-order valence-electron chi connectivity index (χ1n) is 14.5. The van der Waals surface area contributed by atoms with Gasteiger partial charge in [-0.1, -0.05) is 20.3 Å². The van der Waals surface area contributed by atoms with E-state index in [1.165, 1.54) is 30.3 Å². The Hall–Kier alpha value is -3.59. The summed E-state index contributed by atoms with van der Waals surface area (Å²) in [5.41, 5.74) is -0.428. The van der Waals surface area contributed by atoms with Crippen molar-refractivity contribution in [2.75, 3.05) is 4.72 Å². The number of benzene rings is 2. The monoisotopic (exact) mass is 610 g/mol. The van der Waals surface area contributed by atoms with Crippen molar-refractivity contribution in [2.45, 2.75) is 91.1 Å². The first kappa shape index (κ1) is 33.9. The molecule has 0 fully saturated rings. The van der Waals surface area contributed by atoms with E-state index in [1.807, 2.05) is 58.9 Å². The number of carbonyl (C=O) groups excluding carboxylic acids is 1. The molecule has 0 saturated carbocycles. The van der Waals surface area contributed by atoms with Crippen LogP contribution < -0.4 is 9.46 Å². The Balaban J connectivity index is 1.49. The molecule has 2 aromatic carbocycles. The molecule has 9 heteroatoms. The number of esters is 1. The van der Waals surface area contributed by atoms with Crippen LogP contribution in [0.25, 0.3) is 0 Å². The zero-order valence-electron chi connectivity index (χ0n) is 26.1. The smallest absolute Gasteiger partial charge is 0.337 e. The van der Waals surface area contributed by atoms with Crippen LogP contribution in [0.5, 0.6) is 11.5 Å². The molecule has 7 nitrogen and oxygen atoms in total. The number of aryl methyl sites for hydroxylation is 1. The maximum atomic E-state index is 14.6. The van der Waals surface area contributed by atoms with E-state index in [1.54, 1.807) is 18.2 Å². The van der Waals surface area contributed by atoms with Gasteiger partial charge in [-0.15, -0.1) is 0 Å². The second-order valence-corrected chi connectivity index (χ2v) is 14.1. The maximum Gasteiger partial charge on any atom is 0.337 e. The number of nitrogens with one attached hydrogen (secondary N) is 1. The number of carboxylic acids is 1. The molecule has 3 rings (SSSR count). The number of carbonyl (C=O) groups is 2. The average Bonchev–Trinajstić information content (AvgIpc) is 2.91. The molecule has 43 heavy (non-hydrogen) atoms. The average molecular weight is 611 g/mol. The highest BCUT2D eigenvalue weighted by molar-refractivity contribution is 8.00. The lowest BCUT2D eigenvalue weighted by atomic mass is 9.72. The van der Waals surface area contributed by atoms with Gasteiger partial charge < -0.3 is 19.3 Å². The van der Waals surface area contributed by atoms with Crippen molar-refractivity contribution in [1.29, 1.82) is 0 Å². The fourth-order valence-corrected chi connectivity index (χ4v) is 5.52. The third-order valence-corrected chi connectivity index (χ3v) is 7.60. The zero-order chi connectivity index (χ0) is 31.8. The maximum absolute atomic E-state index is 14.6. The molecule has 1 heterocycles. The third-order valence-electron chi connectivity index (χ3n) is 6.78. The summed E-state index contributed by atoms with van der Waals surface area (Å²) < 4.78 is 29.3. The van der Waals surface area contributed by atoms with E-state index in [9.17, 15) is 14.0 Å². The molecule has 2 N–H and O–H groups in total. The van der Waals surface area contributed by atoms with Crippen molar-refractivity contribution in [3.05, 3.63) is 77.7 Å². The van der Waals surface area contributed by atoms with Gasteiger partial charge in [-0.05, 0) is 138 Å². The Morgan fingerprint density at radius 3 is 2.21 bits per heavy atom. The van der Waals surface area contributed by atoms with Gasteiger partial charge in [0.15, 0.2) is 0 Å². The molecule has 1 aromatic heterocycles. The number of unbranched alkanes of at least 4 members (excludes halogenated alkanes) is 1. The van der Waals surface area contributed by atoms with Gasteiger partial charge in [0, 0.05) is 11.1 Å². The zero-order valence-corrected chi connectivity index (χ0v) is 26.9. The van der Waals surface area contributed by atoms with E-state index in [-0.39, 0.29) is 22.8 Å². The van der Waals surface area contributed by atoms with Gasteiger partial charge in [0.25, 0.3) is 0 Å². The lowest BCUT2D eigenvalue weighted by Gasteiger charge is -2.35. The number of ether oxygens (including phenoxy) is 2. The number of aromatic nitrogens is 1. The van der Waals surface area contributed by atoms with Crippen molar-refractivity contribution in [2.24, 2.45) is 10.8 Å². The van der Waals surface area contributed by atoms with E-state index in [0.29, 0.717) is 35.7 Å². The molecule has 0 bridgehead atoms. The molecule has 0 unspecified atom stereocenters. The molecule has 0 spiro atoms. The number of rotatable bonds is 14. The van der Waals surface area contributed by atoms with Crippen molar-refractivity contribution in [3.8, 4) is 11.5 Å². The number of nitrogens with zero attached hydrogens (tertiary/aromatic N) is 1. The van der Waals surface area contributed by atoms with Crippen LogP contribution in [0.1, 0.15) is 90.1 Å². The SMILES string of the molecule is CC(C)(CCCCc1cc(Oc2ccc(SNc3ccc(C(=O)O)cn3)cc2)ccc1F)CC(C)(C)C(=O)OC(C)(C)C. The highest BCUT2D eigenvalue weighted by Crippen LogP contribution is 2.39. The molecule has 0 radical (unpaired) electrons. The van der Waals surface area contributed by atoms with Gasteiger partial charge in [-0.2, -0.15) is 0 Å². The summed E-state index contributed by atoms with van der Waals surface area (Å²) in [5.74, 6) is 0.284. The number of hydrogen-bond donors (Lipinski definition) is 2. The van der Waals surface area contributed by atoms with Crippen LogP contribution in [0.2, 0.25) is 0 Å². The van der Waals surface area contributed by atoms with Gasteiger partial charge in [0.2, 0.25) is 0 Å². The number of halogens is 1. The molecule has 0 saturated heterocycles. The lowest BCUT2D eigenvalue weighted by Crippen LogP contribution is -2.36. The molecule has 0 atom stereocenters. The Labute approximate surface area is 258 Å². The van der Waals surface area contributed by atoms with Gasteiger partial charge in [0.1, 0.15) is 28.7 Å². The fourth-order valence-electron chi connectivity index (χ4n) is 4.90. The molecular weight excluding hydrogens is 567 g/mol. The van der Waals surface area contributed by atoms with E-state index in [4.69, 9.17) is 14.6 Å². The van der Waals surface area contributed by atoms with Crippen LogP contribution in [-0.2, 0) is 16.0 Å². The second kappa shape index (κ2) is 14.3. The van der Waals surface area contributed by atoms with Crippen LogP contribution >= 0.6 is 11.9 Å². The van der Waals surface area contributed by atoms with Crippen molar-refractivity contribution in [1.82, 2.24) is 4.98 Å². The minimum absolute atomic E-state index is 0.0641. The minimum Gasteiger partial charge on any atom is -0.478 e. The van der Waals surface area contributed by atoms with E-state index in [2.05, 4.69) is 23.6 Å². The van der Waals surface area contributed by atoms with E-state index >= 15 is 0 Å². The van der Waals surface area contributed by atoms with Crippen LogP contribution in [-0.4, -0.2) is 27.6 Å². The van der Waals surface area contributed by atoms with Crippen molar-refractivity contribution < 1.29 is 28.6 Å². The molecular formula is C34H43FN2O5S. The topological polar surface area (TPSA) is 97.8 Å². The Morgan fingerprint density at radius 2 is 1.60 bits per heavy atom. The highest BCUT2D eigenvalue weighted by atomic mass is 32.2. The van der Waals surface area contributed by atoms with Gasteiger partial charge in [-0.3, -0.25) is 4.79 Å². The quantitative estimate of drug-likeness (QED) is 0.106. The standard InChI is InChI=1S/C34H43FN2O5S/c1-32(2,3)42-31(40)34(6,7)22-33(4,5)19-9-8-10-23-20-26(14-17-28(23)35)41-25-12-15-27(16-13-25)43-37-29-18-11-24(21-36-29)30(38)39/h11-18,20-21H,8-10,19,22H2,1-7H3,(H,36,37)(H,38,39). The van der Waals surface area contributed by atoms with Gasteiger partial charge in [-0.25, -0.2) is 14.2 Å². The summed E-state index contributed by atoms with van der Waals surface area (Å²) in [6.45, 7) is 13.9. The number of aromatic carboxylic acids is 1. The van der Waals surface area contributed by atoms with E-state index < -0.39 is 17.0 Å². The molecule has 0 aliphatic rings. The van der Waals surface area contributed by atoms with Gasteiger partial charge in [0.05, 0.1) is 11.0 Å². The number of pyridine rings is 1. The third kappa shape index (κ3) is 11.2. The van der Waals surface area contributed by atoms with E-state index in [0.717, 1.165) is 24.2 Å². The first-order valence-corrected chi connectivity index (χ1v) is 15.3.